The van der Waals surface area contributed by atoms with Gasteiger partial charge in [0.05, 0.1) is 0 Å². The van der Waals surface area contributed by atoms with Crippen molar-refractivity contribution in [2.24, 2.45) is 5.73 Å². The number of hydrogen-bond donors (Lipinski definition) is 3. The molecule has 0 saturated carbocycles. The first-order valence-electron chi connectivity index (χ1n) is 5.10. The van der Waals surface area contributed by atoms with Crippen LogP contribution in [-0.4, -0.2) is 58.0 Å². The molecule has 8 heteroatoms. The summed E-state index contributed by atoms with van der Waals surface area (Å²) >= 11 is 1.48. The molecular weight excluding hydrogens is 246 g/mol. The first kappa shape index (κ1) is 13.6. The molecule has 1 aliphatic rings. The lowest BCUT2D eigenvalue weighted by molar-refractivity contribution is -0.141. The van der Waals surface area contributed by atoms with Crippen molar-refractivity contribution >= 4 is 29.7 Å². The number of urea groups is 1. The molecule has 0 aromatic rings. The van der Waals surface area contributed by atoms with Crippen LogP contribution in [0.15, 0.2) is 0 Å². The van der Waals surface area contributed by atoms with E-state index in [-0.39, 0.29) is 0 Å². The minimum absolute atomic E-state index is 0.346. The van der Waals surface area contributed by atoms with Crippen LogP contribution in [0.4, 0.5) is 4.79 Å². The van der Waals surface area contributed by atoms with Crippen molar-refractivity contribution in [3.8, 4) is 0 Å². The van der Waals surface area contributed by atoms with Gasteiger partial charge < -0.3 is 21.1 Å². The predicted molar refractivity (Wildman–Crippen MR) is 62.6 cm³/mol. The number of nitrogens with two attached hydrogens (primary N) is 1. The summed E-state index contributed by atoms with van der Waals surface area (Å²) in [7, 11) is 0. The molecule has 0 bridgehead atoms. The van der Waals surface area contributed by atoms with Gasteiger partial charge in [-0.2, -0.15) is 11.8 Å². The monoisotopic (exact) mass is 261 g/mol. The highest BCUT2D eigenvalue weighted by Crippen LogP contribution is 2.16. The molecule has 0 aliphatic carbocycles. The molecule has 1 saturated heterocycles. The van der Waals surface area contributed by atoms with Gasteiger partial charge in [-0.15, -0.1) is 0 Å². The minimum Gasteiger partial charge on any atom is -0.480 e. The quantitative estimate of drug-likeness (QED) is 0.607. The topological polar surface area (TPSA) is 113 Å². The van der Waals surface area contributed by atoms with Crippen molar-refractivity contribution in [2.75, 3.05) is 18.1 Å². The zero-order valence-corrected chi connectivity index (χ0v) is 10.2. The summed E-state index contributed by atoms with van der Waals surface area (Å²) in [5, 5.41) is 11.3. The molecule has 1 aliphatic heterocycles. The fourth-order valence-electron chi connectivity index (χ4n) is 1.39. The third-order valence-corrected chi connectivity index (χ3v) is 3.46. The molecule has 2 unspecified atom stereocenters. The second-order valence-electron chi connectivity index (χ2n) is 3.70. The zero-order chi connectivity index (χ0) is 13.0. The predicted octanol–water partition coefficient (Wildman–Crippen LogP) is -0.928. The van der Waals surface area contributed by atoms with E-state index in [0.29, 0.717) is 18.1 Å². The Balaban J connectivity index is 2.65. The van der Waals surface area contributed by atoms with Crippen molar-refractivity contribution in [3.63, 3.8) is 0 Å². The van der Waals surface area contributed by atoms with Gasteiger partial charge >= 0.3 is 12.0 Å². The lowest BCUT2D eigenvalue weighted by atomic mass is 10.2. The van der Waals surface area contributed by atoms with Crippen LogP contribution >= 0.6 is 11.8 Å². The second kappa shape index (κ2) is 5.76. The fraction of sp³-hybridized carbons (Fsp3) is 0.667. The highest BCUT2D eigenvalue weighted by atomic mass is 32.2. The largest absolute Gasteiger partial charge is 0.480 e. The molecule has 0 radical (unpaired) electrons. The van der Waals surface area contributed by atoms with Gasteiger partial charge in [0.25, 0.3) is 0 Å². The SMILES string of the molecule is CC(NC(=O)N1CCSCC1C(=O)O)C(N)=O. The average Bonchev–Trinajstić information content (AvgIpc) is 2.28. The molecule has 17 heavy (non-hydrogen) atoms. The number of primary amides is 1. The molecule has 0 spiro atoms. The van der Waals surface area contributed by atoms with E-state index in [4.69, 9.17) is 10.8 Å². The van der Waals surface area contributed by atoms with Crippen LogP contribution in [0.1, 0.15) is 6.92 Å². The number of carboxylic acid groups (broad SMARTS) is 1. The number of carbonyl (C=O) groups is 3. The number of amides is 3. The van der Waals surface area contributed by atoms with Crippen LogP contribution in [0.25, 0.3) is 0 Å². The van der Waals surface area contributed by atoms with Crippen LogP contribution < -0.4 is 11.1 Å². The molecule has 0 aromatic heterocycles. The van der Waals surface area contributed by atoms with Crippen LogP contribution in [0.2, 0.25) is 0 Å². The van der Waals surface area contributed by atoms with Gasteiger partial charge in [-0.25, -0.2) is 9.59 Å². The maximum atomic E-state index is 11.8. The first-order chi connectivity index (χ1) is 7.93. The number of carbonyl (C=O) groups excluding carboxylic acids is 2. The molecule has 1 heterocycles. The van der Waals surface area contributed by atoms with Gasteiger partial charge in [-0.3, -0.25) is 4.79 Å². The summed E-state index contributed by atoms with van der Waals surface area (Å²) in [4.78, 5) is 34.7. The zero-order valence-electron chi connectivity index (χ0n) is 9.38. The third kappa shape index (κ3) is 3.52. The van der Waals surface area contributed by atoms with E-state index in [1.807, 2.05) is 0 Å². The summed E-state index contributed by atoms with van der Waals surface area (Å²) in [6.07, 6.45) is 0. The Morgan fingerprint density at radius 2 is 2.18 bits per heavy atom. The number of hydrogen-bond acceptors (Lipinski definition) is 4. The van der Waals surface area contributed by atoms with Gasteiger partial charge in [0, 0.05) is 18.1 Å². The van der Waals surface area contributed by atoms with Gasteiger partial charge in [0.1, 0.15) is 12.1 Å². The standard InChI is InChI=1S/C9H15N3O4S/c1-5(7(10)13)11-9(16)12-2-3-17-4-6(12)8(14)15/h5-6H,2-4H2,1H3,(H2,10,13)(H,11,16)(H,14,15). The van der Waals surface area contributed by atoms with Crippen molar-refractivity contribution in [1.29, 1.82) is 0 Å². The molecule has 3 amide bonds. The molecule has 0 aromatic carbocycles. The van der Waals surface area contributed by atoms with Crippen LogP contribution in [-0.2, 0) is 9.59 Å². The van der Waals surface area contributed by atoms with Crippen molar-refractivity contribution < 1.29 is 19.5 Å². The summed E-state index contributed by atoms with van der Waals surface area (Å²) in [6.45, 7) is 1.80. The Kier molecular flexibility index (Phi) is 4.62. The Morgan fingerprint density at radius 1 is 1.53 bits per heavy atom. The van der Waals surface area contributed by atoms with Gasteiger partial charge in [0.15, 0.2) is 0 Å². The molecule has 1 fully saturated rings. The Hall–Kier alpha value is -1.44. The molecule has 4 N–H and O–H groups in total. The number of nitrogens with one attached hydrogen (secondary N) is 1. The van der Waals surface area contributed by atoms with Crippen molar-refractivity contribution in [3.05, 3.63) is 0 Å². The lowest BCUT2D eigenvalue weighted by Crippen LogP contribution is -2.56. The Bertz CT molecular complexity index is 336. The van der Waals surface area contributed by atoms with E-state index in [0.717, 1.165) is 0 Å². The average molecular weight is 261 g/mol. The van der Waals surface area contributed by atoms with E-state index >= 15 is 0 Å². The summed E-state index contributed by atoms with van der Waals surface area (Å²) in [5.74, 6) is -0.661. The Morgan fingerprint density at radius 3 is 2.71 bits per heavy atom. The summed E-state index contributed by atoms with van der Waals surface area (Å²) in [5.41, 5.74) is 5.02. The molecule has 1 rings (SSSR count). The maximum absolute atomic E-state index is 11.8. The van der Waals surface area contributed by atoms with E-state index in [2.05, 4.69) is 5.32 Å². The molecular formula is C9H15N3O4S. The van der Waals surface area contributed by atoms with Crippen LogP contribution in [0.3, 0.4) is 0 Å². The molecule has 7 nitrogen and oxygen atoms in total. The number of carboxylic acids is 1. The van der Waals surface area contributed by atoms with Crippen molar-refractivity contribution in [1.82, 2.24) is 10.2 Å². The normalized spacial score (nSPS) is 21.7. The number of thioether (sulfide) groups is 1. The van der Waals surface area contributed by atoms with E-state index in [9.17, 15) is 14.4 Å². The lowest BCUT2D eigenvalue weighted by Gasteiger charge is -2.33. The van der Waals surface area contributed by atoms with Gasteiger partial charge in [0.2, 0.25) is 5.91 Å². The third-order valence-electron chi connectivity index (χ3n) is 2.44. The second-order valence-corrected chi connectivity index (χ2v) is 4.85. The fourth-order valence-corrected chi connectivity index (χ4v) is 2.43. The smallest absolute Gasteiger partial charge is 0.327 e. The van der Waals surface area contributed by atoms with E-state index in [1.54, 1.807) is 0 Å². The van der Waals surface area contributed by atoms with Crippen LogP contribution in [0, 0.1) is 0 Å². The highest BCUT2D eigenvalue weighted by Gasteiger charge is 2.33. The van der Waals surface area contributed by atoms with Gasteiger partial charge in [-0.1, -0.05) is 0 Å². The van der Waals surface area contributed by atoms with Crippen LogP contribution in [0.5, 0.6) is 0 Å². The first-order valence-corrected chi connectivity index (χ1v) is 6.26. The van der Waals surface area contributed by atoms with E-state index < -0.39 is 30.0 Å². The highest BCUT2D eigenvalue weighted by molar-refractivity contribution is 7.99. The van der Waals surface area contributed by atoms with E-state index in [1.165, 1.54) is 23.6 Å². The summed E-state index contributed by atoms with van der Waals surface area (Å²) in [6, 6.07) is -2.23. The molecule has 2 atom stereocenters. The number of nitrogens with zero attached hydrogens (tertiary/aromatic N) is 1. The number of aliphatic carboxylic acids is 1. The van der Waals surface area contributed by atoms with Crippen molar-refractivity contribution in [2.45, 2.75) is 19.0 Å². The van der Waals surface area contributed by atoms with Gasteiger partial charge in [-0.05, 0) is 6.92 Å². The summed E-state index contributed by atoms with van der Waals surface area (Å²) < 4.78 is 0. The molecule has 96 valence electrons. The maximum Gasteiger partial charge on any atom is 0.327 e. The Labute approximate surface area is 103 Å². The number of rotatable bonds is 3. The minimum atomic E-state index is -1.04.